The van der Waals surface area contributed by atoms with Crippen LogP contribution in [-0.4, -0.2) is 35.9 Å². The molecule has 2 heterocycles. The zero-order chi connectivity index (χ0) is 12.6. The molecule has 1 aromatic rings. The van der Waals surface area contributed by atoms with Crippen molar-refractivity contribution in [2.45, 2.75) is 24.5 Å². The summed E-state index contributed by atoms with van der Waals surface area (Å²) in [5, 5.41) is 0. The standard InChI is InChI=1S/C14H20N2OS/c15-13-11-3-1-2-4-12(11)17-14(13)5-7-16(8-6-14)9-10-18/h1-4,13,18H,5-10,15H2/t13-/m0/s1. The smallest absolute Gasteiger partial charge is 0.131 e. The van der Waals surface area contributed by atoms with Gasteiger partial charge in [0.05, 0.1) is 6.04 Å². The van der Waals surface area contributed by atoms with E-state index < -0.39 is 0 Å². The average Bonchev–Trinajstić information content (AvgIpc) is 2.67. The molecule has 1 spiro atoms. The van der Waals surface area contributed by atoms with E-state index in [9.17, 15) is 0 Å². The molecule has 2 aliphatic heterocycles. The molecule has 3 nitrogen and oxygen atoms in total. The SMILES string of the molecule is N[C@H]1c2ccccc2OC12CCN(CCS)CC2. The molecule has 98 valence electrons. The summed E-state index contributed by atoms with van der Waals surface area (Å²) in [6.07, 6.45) is 2.02. The Morgan fingerprint density at radius 3 is 2.72 bits per heavy atom. The molecule has 0 radical (unpaired) electrons. The number of piperidine rings is 1. The number of ether oxygens (including phenoxy) is 1. The fourth-order valence-corrected chi connectivity index (χ4v) is 3.39. The third-order valence-corrected chi connectivity index (χ3v) is 4.45. The summed E-state index contributed by atoms with van der Waals surface area (Å²) in [4.78, 5) is 2.44. The van der Waals surface area contributed by atoms with Crippen molar-refractivity contribution in [3.63, 3.8) is 0 Å². The van der Waals surface area contributed by atoms with E-state index in [2.05, 4.69) is 23.6 Å². The number of likely N-dealkylation sites (tertiary alicyclic amines) is 1. The molecule has 0 unspecified atom stereocenters. The summed E-state index contributed by atoms with van der Waals surface area (Å²) in [6, 6.07) is 8.20. The van der Waals surface area contributed by atoms with Crippen molar-refractivity contribution in [1.29, 1.82) is 0 Å². The van der Waals surface area contributed by atoms with Crippen LogP contribution < -0.4 is 10.5 Å². The molecule has 0 amide bonds. The van der Waals surface area contributed by atoms with Gasteiger partial charge in [-0.15, -0.1) is 0 Å². The largest absolute Gasteiger partial charge is 0.485 e. The zero-order valence-corrected chi connectivity index (χ0v) is 11.4. The molecule has 0 bridgehead atoms. The fraction of sp³-hybridized carbons (Fsp3) is 0.571. The van der Waals surface area contributed by atoms with E-state index >= 15 is 0 Å². The quantitative estimate of drug-likeness (QED) is 0.801. The Kier molecular flexibility index (Phi) is 3.26. The predicted octanol–water partition coefficient (Wildman–Crippen LogP) is 1.84. The zero-order valence-electron chi connectivity index (χ0n) is 10.5. The van der Waals surface area contributed by atoms with Crippen LogP contribution in [0.25, 0.3) is 0 Å². The van der Waals surface area contributed by atoms with Crippen molar-refractivity contribution in [2.75, 3.05) is 25.4 Å². The van der Waals surface area contributed by atoms with Gasteiger partial charge < -0.3 is 15.4 Å². The van der Waals surface area contributed by atoms with E-state index in [1.807, 2.05) is 18.2 Å². The molecular weight excluding hydrogens is 244 g/mol. The maximum absolute atomic E-state index is 6.42. The minimum Gasteiger partial charge on any atom is -0.485 e. The third kappa shape index (κ3) is 1.92. The van der Waals surface area contributed by atoms with Gasteiger partial charge in [-0.3, -0.25) is 0 Å². The van der Waals surface area contributed by atoms with Gasteiger partial charge in [-0.25, -0.2) is 0 Å². The lowest BCUT2D eigenvalue weighted by Gasteiger charge is -2.40. The number of fused-ring (bicyclic) bond motifs is 1. The molecule has 2 aliphatic rings. The normalized spacial score (nSPS) is 26.0. The van der Waals surface area contributed by atoms with Crippen molar-refractivity contribution in [2.24, 2.45) is 5.73 Å². The number of thiol groups is 1. The van der Waals surface area contributed by atoms with Crippen LogP contribution in [0.1, 0.15) is 24.4 Å². The third-order valence-electron chi connectivity index (χ3n) is 4.25. The average molecular weight is 264 g/mol. The molecule has 1 fully saturated rings. The van der Waals surface area contributed by atoms with E-state index in [0.29, 0.717) is 0 Å². The van der Waals surface area contributed by atoms with Crippen LogP contribution in [-0.2, 0) is 0 Å². The lowest BCUT2D eigenvalue weighted by atomic mass is 9.83. The number of hydrogen-bond donors (Lipinski definition) is 2. The van der Waals surface area contributed by atoms with Crippen LogP contribution in [0.2, 0.25) is 0 Å². The van der Waals surface area contributed by atoms with Crippen molar-refractivity contribution in [3.8, 4) is 5.75 Å². The number of nitrogens with two attached hydrogens (primary N) is 1. The lowest BCUT2D eigenvalue weighted by molar-refractivity contribution is 0.00263. The van der Waals surface area contributed by atoms with Gasteiger partial charge >= 0.3 is 0 Å². The topological polar surface area (TPSA) is 38.5 Å². The van der Waals surface area contributed by atoms with E-state index in [-0.39, 0.29) is 11.6 Å². The highest BCUT2D eigenvalue weighted by Gasteiger charge is 2.47. The monoisotopic (exact) mass is 264 g/mol. The molecule has 1 aromatic carbocycles. The minimum absolute atomic E-state index is 0.0202. The molecule has 3 rings (SSSR count). The molecule has 4 heteroatoms. The van der Waals surface area contributed by atoms with Crippen molar-refractivity contribution < 1.29 is 4.74 Å². The van der Waals surface area contributed by atoms with Gasteiger partial charge in [-0.05, 0) is 6.07 Å². The van der Waals surface area contributed by atoms with Crippen LogP contribution in [0.15, 0.2) is 24.3 Å². The summed E-state index contributed by atoms with van der Waals surface area (Å²) < 4.78 is 6.20. The molecule has 0 saturated carbocycles. The van der Waals surface area contributed by atoms with Crippen LogP contribution >= 0.6 is 12.6 Å². The Hall–Kier alpha value is -0.710. The molecule has 0 aliphatic carbocycles. The first kappa shape index (κ1) is 12.3. The Labute approximate surface area is 114 Å². The number of hydrogen-bond acceptors (Lipinski definition) is 4. The molecule has 2 N–H and O–H groups in total. The second-order valence-electron chi connectivity index (χ2n) is 5.25. The van der Waals surface area contributed by atoms with E-state index in [1.165, 1.54) is 5.56 Å². The minimum atomic E-state index is -0.170. The Bertz CT molecular complexity index is 430. The van der Waals surface area contributed by atoms with Crippen molar-refractivity contribution >= 4 is 12.6 Å². The molecular formula is C14H20N2OS. The predicted molar refractivity (Wildman–Crippen MR) is 76.3 cm³/mol. The van der Waals surface area contributed by atoms with Gasteiger partial charge in [-0.1, -0.05) is 18.2 Å². The molecule has 0 aromatic heterocycles. The Morgan fingerprint density at radius 2 is 2.06 bits per heavy atom. The van der Waals surface area contributed by atoms with Gasteiger partial charge in [0.2, 0.25) is 0 Å². The summed E-state index contributed by atoms with van der Waals surface area (Å²) in [6.45, 7) is 3.17. The van der Waals surface area contributed by atoms with Gasteiger partial charge in [0.25, 0.3) is 0 Å². The lowest BCUT2D eigenvalue weighted by Crippen LogP contribution is -2.51. The van der Waals surface area contributed by atoms with Crippen LogP contribution in [0, 0.1) is 0 Å². The highest BCUT2D eigenvalue weighted by Crippen LogP contribution is 2.46. The first-order chi connectivity index (χ1) is 8.75. The van der Waals surface area contributed by atoms with E-state index in [0.717, 1.165) is 44.0 Å². The summed E-state index contributed by atoms with van der Waals surface area (Å²) in [5.41, 5.74) is 7.41. The highest BCUT2D eigenvalue weighted by molar-refractivity contribution is 7.80. The Morgan fingerprint density at radius 1 is 1.33 bits per heavy atom. The van der Waals surface area contributed by atoms with Gasteiger partial charge in [0.1, 0.15) is 11.4 Å². The van der Waals surface area contributed by atoms with Crippen LogP contribution in [0.4, 0.5) is 0 Å². The van der Waals surface area contributed by atoms with Crippen LogP contribution in [0.3, 0.4) is 0 Å². The number of para-hydroxylation sites is 1. The van der Waals surface area contributed by atoms with Gasteiger partial charge in [0.15, 0.2) is 0 Å². The molecule has 1 atom stereocenters. The first-order valence-corrected chi connectivity index (χ1v) is 7.25. The number of benzene rings is 1. The van der Waals surface area contributed by atoms with Crippen molar-refractivity contribution in [3.05, 3.63) is 29.8 Å². The molecule has 1 saturated heterocycles. The second-order valence-corrected chi connectivity index (χ2v) is 5.69. The summed E-state index contributed by atoms with van der Waals surface area (Å²) in [7, 11) is 0. The Balaban J connectivity index is 1.76. The summed E-state index contributed by atoms with van der Waals surface area (Å²) in [5.74, 6) is 1.90. The van der Waals surface area contributed by atoms with Crippen molar-refractivity contribution in [1.82, 2.24) is 4.90 Å². The van der Waals surface area contributed by atoms with Gasteiger partial charge in [-0.2, -0.15) is 12.6 Å². The highest BCUT2D eigenvalue weighted by atomic mass is 32.1. The van der Waals surface area contributed by atoms with Crippen LogP contribution in [0.5, 0.6) is 5.75 Å². The number of rotatable bonds is 2. The van der Waals surface area contributed by atoms with E-state index in [4.69, 9.17) is 10.5 Å². The maximum Gasteiger partial charge on any atom is 0.131 e. The number of nitrogens with zero attached hydrogens (tertiary/aromatic N) is 1. The maximum atomic E-state index is 6.42. The van der Waals surface area contributed by atoms with Gasteiger partial charge in [0, 0.05) is 43.8 Å². The summed E-state index contributed by atoms with van der Waals surface area (Å²) >= 11 is 4.29. The fourth-order valence-electron chi connectivity index (χ4n) is 3.11. The second kappa shape index (κ2) is 4.76. The molecule has 18 heavy (non-hydrogen) atoms. The van der Waals surface area contributed by atoms with E-state index in [1.54, 1.807) is 0 Å². The first-order valence-electron chi connectivity index (χ1n) is 6.62.